The van der Waals surface area contributed by atoms with Gasteiger partial charge in [-0.1, -0.05) is 12.1 Å². The fourth-order valence-corrected chi connectivity index (χ4v) is 2.19. The van der Waals surface area contributed by atoms with Crippen LogP contribution in [0.5, 0.6) is 5.75 Å². The van der Waals surface area contributed by atoms with E-state index in [0.29, 0.717) is 5.75 Å². The van der Waals surface area contributed by atoms with Gasteiger partial charge in [-0.05, 0) is 26.2 Å². The van der Waals surface area contributed by atoms with Gasteiger partial charge in [0, 0.05) is 26.2 Å². The predicted octanol–water partition coefficient (Wildman–Crippen LogP) is 1.33. The standard InChI is InChI=1S/C14H22FN3O/c1-17(2)11-14(15)19-13-6-4-3-5-12(13)18-9-7-16-8-10-18/h3-6,14,16H,7-11H2,1-2H3. The first-order chi connectivity index (χ1) is 9.16. The quantitative estimate of drug-likeness (QED) is 0.871. The van der Waals surface area contributed by atoms with E-state index < -0.39 is 6.36 Å². The highest BCUT2D eigenvalue weighted by molar-refractivity contribution is 5.58. The molecule has 0 aliphatic carbocycles. The smallest absolute Gasteiger partial charge is 0.251 e. The summed E-state index contributed by atoms with van der Waals surface area (Å²) in [6.45, 7) is 4.00. The predicted molar refractivity (Wildman–Crippen MR) is 75.6 cm³/mol. The highest BCUT2D eigenvalue weighted by Crippen LogP contribution is 2.29. The lowest BCUT2D eigenvalue weighted by Crippen LogP contribution is -2.43. The fourth-order valence-electron chi connectivity index (χ4n) is 2.19. The van der Waals surface area contributed by atoms with Gasteiger partial charge in [0.25, 0.3) is 6.36 Å². The Morgan fingerprint density at radius 2 is 2.00 bits per heavy atom. The van der Waals surface area contributed by atoms with Crippen molar-refractivity contribution in [3.05, 3.63) is 24.3 Å². The number of ether oxygens (including phenoxy) is 1. The van der Waals surface area contributed by atoms with Crippen LogP contribution in [0.4, 0.5) is 10.1 Å². The van der Waals surface area contributed by atoms with Crippen molar-refractivity contribution in [1.82, 2.24) is 10.2 Å². The van der Waals surface area contributed by atoms with Crippen LogP contribution in [0.3, 0.4) is 0 Å². The molecule has 1 unspecified atom stereocenters. The molecule has 0 saturated carbocycles. The van der Waals surface area contributed by atoms with Crippen LogP contribution in [0, 0.1) is 0 Å². The van der Waals surface area contributed by atoms with Crippen LogP contribution in [-0.4, -0.2) is 58.1 Å². The molecule has 1 aliphatic heterocycles. The number of anilines is 1. The highest BCUT2D eigenvalue weighted by atomic mass is 19.1. The van der Waals surface area contributed by atoms with E-state index in [1.165, 1.54) is 0 Å². The van der Waals surface area contributed by atoms with Crippen molar-refractivity contribution in [3.63, 3.8) is 0 Å². The average Bonchev–Trinajstić information content (AvgIpc) is 2.39. The number of likely N-dealkylation sites (N-methyl/N-ethyl adjacent to an activating group) is 1. The molecule has 1 atom stereocenters. The minimum Gasteiger partial charge on any atom is -0.457 e. The maximum atomic E-state index is 13.8. The summed E-state index contributed by atoms with van der Waals surface area (Å²) in [6, 6.07) is 7.66. The van der Waals surface area contributed by atoms with Gasteiger partial charge in [-0.3, -0.25) is 0 Å². The second-order valence-corrected chi connectivity index (χ2v) is 4.99. The van der Waals surface area contributed by atoms with Crippen LogP contribution >= 0.6 is 0 Å². The van der Waals surface area contributed by atoms with Gasteiger partial charge in [0.1, 0.15) is 5.75 Å². The number of nitrogens with zero attached hydrogens (tertiary/aromatic N) is 2. The van der Waals surface area contributed by atoms with Crippen molar-refractivity contribution < 1.29 is 9.13 Å². The molecule has 2 rings (SSSR count). The third kappa shape index (κ3) is 4.08. The van der Waals surface area contributed by atoms with E-state index in [1.54, 1.807) is 4.90 Å². The van der Waals surface area contributed by atoms with E-state index >= 15 is 0 Å². The van der Waals surface area contributed by atoms with Crippen molar-refractivity contribution in [3.8, 4) is 5.75 Å². The Labute approximate surface area is 114 Å². The number of para-hydroxylation sites is 2. The maximum Gasteiger partial charge on any atom is 0.251 e. The Balaban J connectivity index is 2.07. The number of alkyl halides is 1. The molecule has 1 fully saturated rings. The third-order valence-corrected chi connectivity index (χ3v) is 3.09. The fraction of sp³-hybridized carbons (Fsp3) is 0.571. The number of rotatable bonds is 5. The number of hydrogen-bond donors (Lipinski definition) is 1. The monoisotopic (exact) mass is 267 g/mol. The zero-order valence-electron chi connectivity index (χ0n) is 11.6. The zero-order chi connectivity index (χ0) is 13.7. The van der Waals surface area contributed by atoms with Gasteiger partial charge in [0.15, 0.2) is 0 Å². The van der Waals surface area contributed by atoms with E-state index in [4.69, 9.17) is 4.74 Å². The lowest BCUT2D eigenvalue weighted by molar-refractivity contribution is 0.0436. The first-order valence-corrected chi connectivity index (χ1v) is 6.67. The normalized spacial score (nSPS) is 17.6. The van der Waals surface area contributed by atoms with Crippen LogP contribution < -0.4 is 15.0 Å². The van der Waals surface area contributed by atoms with Crippen molar-refractivity contribution in [1.29, 1.82) is 0 Å². The SMILES string of the molecule is CN(C)CC(F)Oc1ccccc1N1CCNCC1. The largest absolute Gasteiger partial charge is 0.457 e. The minimum absolute atomic E-state index is 0.260. The molecule has 19 heavy (non-hydrogen) atoms. The Morgan fingerprint density at radius 3 is 2.68 bits per heavy atom. The topological polar surface area (TPSA) is 27.7 Å². The number of halogens is 1. The molecule has 0 amide bonds. The first-order valence-electron chi connectivity index (χ1n) is 6.67. The second kappa shape index (κ2) is 6.73. The zero-order valence-corrected chi connectivity index (χ0v) is 11.6. The van der Waals surface area contributed by atoms with Gasteiger partial charge in [0.05, 0.1) is 12.2 Å². The molecular formula is C14H22FN3O. The number of hydrogen-bond acceptors (Lipinski definition) is 4. The summed E-state index contributed by atoms with van der Waals surface area (Å²) in [4.78, 5) is 4.01. The lowest BCUT2D eigenvalue weighted by Gasteiger charge is -2.31. The summed E-state index contributed by atoms with van der Waals surface area (Å²) in [5.41, 5.74) is 0.977. The van der Waals surface area contributed by atoms with Gasteiger partial charge >= 0.3 is 0 Å². The van der Waals surface area contributed by atoms with Gasteiger partial charge in [-0.25, -0.2) is 4.39 Å². The first kappa shape index (κ1) is 14.1. The number of benzene rings is 1. The van der Waals surface area contributed by atoms with Crippen molar-refractivity contribution >= 4 is 5.69 Å². The summed E-state index contributed by atoms with van der Waals surface area (Å²) in [5, 5.41) is 3.31. The lowest BCUT2D eigenvalue weighted by atomic mass is 10.2. The molecular weight excluding hydrogens is 245 g/mol. The number of piperazine rings is 1. The molecule has 4 nitrogen and oxygen atoms in total. The molecule has 0 aromatic heterocycles. The minimum atomic E-state index is -1.31. The van der Waals surface area contributed by atoms with Crippen LogP contribution in [0.15, 0.2) is 24.3 Å². The molecule has 1 N–H and O–H groups in total. The van der Waals surface area contributed by atoms with Gasteiger partial charge in [-0.2, -0.15) is 0 Å². The molecule has 106 valence electrons. The van der Waals surface area contributed by atoms with E-state index in [1.807, 2.05) is 38.4 Å². The van der Waals surface area contributed by atoms with Crippen LogP contribution in [-0.2, 0) is 0 Å². The van der Waals surface area contributed by atoms with Gasteiger partial charge in [-0.15, -0.1) is 0 Å². The molecule has 1 aromatic carbocycles. The average molecular weight is 267 g/mol. The summed E-state index contributed by atoms with van der Waals surface area (Å²) in [6.07, 6.45) is -1.31. The van der Waals surface area contributed by atoms with Crippen molar-refractivity contribution in [2.75, 3.05) is 51.7 Å². The van der Waals surface area contributed by atoms with Crippen LogP contribution in [0.2, 0.25) is 0 Å². The van der Waals surface area contributed by atoms with E-state index in [9.17, 15) is 4.39 Å². The van der Waals surface area contributed by atoms with Crippen LogP contribution in [0.25, 0.3) is 0 Å². The molecule has 0 spiro atoms. The molecule has 1 aromatic rings. The summed E-state index contributed by atoms with van der Waals surface area (Å²) in [7, 11) is 3.66. The van der Waals surface area contributed by atoms with E-state index in [-0.39, 0.29) is 6.54 Å². The number of nitrogens with one attached hydrogen (secondary N) is 1. The Morgan fingerprint density at radius 1 is 1.32 bits per heavy atom. The maximum absolute atomic E-state index is 13.8. The second-order valence-electron chi connectivity index (χ2n) is 4.99. The molecule has 1 aliphatic rings. The molecule has 1 saturated heterocycles. The summed E-state index contributed by atoms with van der Waals surface area (Å²) < 4.78 is 19.2. The summed E-state index contributed by atoms with van der Waals surface area (Å²) in [5.74, 6) is 0.624. The van der Waals surface area contributed by atoms with Gasteiger partial charge < -0.3 is 19.9 Å². The Bertz CT molecular complexity index is 394. The Hall–Kier alpha value is -1.33. The highest BCUT2D eigenvalue weighted by Gasteiger charge is 2.17. The molecule has 5 heteroatoms. The Kier molecular flexibility index (Phi) is 4.99. The molecule has 0 radical (unpaired) electrons. The van der Waals surface area contributed by atoms with Gasteiger partial charge in [0.2, 0.25) is 0 Å². The summed E-state index contributed by atoms with van der Waals surface area (Å²) >= 11 is 0. The van der Waals surface area contributed by atoms with E-state index in [0.717, 1.165) is 31.9 Å². The van der Waals surface area contributed by atoms with E-state index in [2.05, 4.69) is 10.2 Å². The van der Waals surface area contributed by atoms with Crippen molar-refractivity contribution in [2.24, 2.45) is 0 Å². The molecule has 0 bridgehead atoms. The third-order valence-electron chi connectivity index (χ3n) is 3.09. The van der Waals surface area contributed by atoms with Crippen LogP contribution in [0.1, 0.15) is 0 Å². The van der Waals surface area contributed by atoms with Crippen molar-refractivity contribution in [2.45, 2.75) is 6.36 Å². The molecule has 1 heterocycles.